The van der Waals surface area contributed by atoms with Crippen LogP contribution in [0, 0.1) is 5.92 Å². The number of carbonyl (C=O) groups excluding carboxylic acids is 1. The molecular formula is C16H19NO5. The minimum atomic E-state index is -0.963. The smallest absolute Gasteiger partial charge is 0.308 e. The molecule has 0 aliphatic rings. The summed E-state index contributed by atoms with van der Waals surface area (Å²) < 4.78 is 10.8. The molecule has 0 aliphatic carbocycles. The number of para-hydroxylation sites is 1. The van der Waals surface area contributed by atoms with E-state index < -0.39 is 23.8 Å². The number of carboxylic acid groups (broad SMARTS) is 1. The fourth-order valence-electron chi connectivity index (χ4n) is 2.18. The Morgan fingerprint density at radius 1 is 1.32 bits per heavy atom. The normalized spacial score (nSPS) is 13.8. The second-order valence-electron chi connectivity index (χ2n) is 5.23. The Morgan fingerprint density at radius 3 is 2.64 bits per heavy atom. The van der Waals surface area contributed by atoms with Gasteiger partial charge in [0.15, 0.2) is 5.76 Å². The van der Waals surface area contributed by atoms with Crippen molar-refractivity contribution in [2.45, 2.75) is 26.5 Å². The van der Waals surface area contributed by atoms with Crippen molar-refractivity contribution in [3.63, 3.8) is 0 Å². The van der Waals surface area contributed by atoms with Crippen LogP contribution in [0.15, 0.2) is 28.7 Å². The molecule has 6 nitrogen and oxygen atoms in total. The van der Waals surface area contributed by atoms with Gasteiger partial charge in [0.2, 0.25) is 0 Å². The summed E-state index contributed by atoms with van der Waals surface area (Å²) in [5, 5.41) is 12.5. The number of benzene rings is 1. The fourth-order valence-corrected chi connectivity index (χ4v) is 2.18. The zero-order chi connectivity index (χ0) is 16.3. The number of furan rings is 1. The number of amides is 1. The molecule has 2 N–H and O–H groups in total. The molecule has 2 unspecified atom stereocenters. The molecule has 2 atom stereocenters. The van der Waals surface area contributed by atoms with Crippen molar-refractivity contribution < 1.29 is 23.8 Å². The largest absolute Gasteiger partial charge is 0.481 e. The van der Waals surface area contributed by atoms with Gasteiger partial charge < -0.3 is 19.6 Å². The average Bonchev–Trinajstić information content (AvgIpc) is 2.86. The van der Waals surface area contributed by atoms with Crippen LogP contribution in [-0.4, -0.2) is 30.1 Å². The van der Waals surface area contributed by atoms with E-state index in [0.717, 1.165) is 5.39 Å². The van der Waals surface area contributed by atoms with Crippen LogP contribution in [0.3, 0.4) is 0 Å². The Labute approximate surface area is 128 Å². The predicted molar refractivity (Wildman–Crippen MR) is 80.7 cm³/mol. The lowest BCUT2D eigenvalue weighted by Gasteiger charge is -2.17. The van der Waals surface area contributed by atoms with Crippen molar-refractivity contribution in [2.24, 2.45) is 5.92 Å². The number of hydrogen-bond acceptors (Lipinski definition) is 4. The summed E-state index contributed by atoms with van der Waals surface area (Å²) in [7, 11) is 1.54. The second-order valence-corrected chi connectivity index (χ2v) is 5.23. The third-order valence-corrected chi connectivity index (χ3v) is 3.69. The number of aliphatic carboxylic acids is 1. The molecule has 0 spiro atoms. The molecule has 1 aromatic heterocycles. The number of nitrogens with one attached hydrogen (secondary N) is 1. The number of carboxylic acids is 1. The Balaban J connectivity index is 2.31. The summed E-state index contributed by atoms with van der Waals surface area (Å²) >= 11 is 0. The van der Waals surface area contributed by atoms with Crippen molar-refractivity contribution >= 4 is 22.8 Å². The van der Waals surface area contributed by atoms with Gasteiger partial charge in [0.05, 0.1) is 12.5 Å². The zero-order valence-corrected chi connectivity index (χ0v) is 12.8. The van der Waals surface area contributed by atoms with Gasteiger partial charge in [-0.1, -0.05) is 18.2 Å². The highest BCUT2D eigenvalue weighted by atomic mass is 16.5. The van der Waals surface area contributed by atoms with Crippen LogP contribution in [-0.2, 0) is 16.1 Å². The van der Waals surface area contributed by atoms with Gasteiger partial charge in [0, 0.05) is 24.1 Å². The van der Waals surface area contributed by atoms with Gasteiger partial charge in [0.25, 0.3) is 5.91 Å². The maximum absolute atomic E-state index is 12.4. The molecule has 2 aromatic rings. The Kier molecular flexibility index (Phi) is 4.82. The molecule has 0 radical (unpaired) electrons. The molecule has 0 saturated heterocycles. The fraction of sp³-hybridized carbons (Fsp3) is 0.375. The highest BCUT2D eigenvalue weighted by molar-refractivity contribution is 5.99. The van der Waals surface area contributed by atoms with Crippen LogP contribution < -0.4 is 5.32 Å². The number of methoxy groups -OCH3 is 1. The minimum Gasteiger partial charge on any atom is -0.481 e. The van der Waals surface area contributed by atoms with E-state index in [1.165, 1.54) is 0 Å². The SMILES string of the molecule is COCc1c(C(=O)NC(C)C(C)C(=O)O)oc2ccccc12. The monoisotopic (exact) mass is 305 g/mol. The van der Waals surface area contributed by atoms with E-state index in [9.17, 15) is 9.59 Å². The van der Waals surface area contributed by atoms with E-state index >= 15 is 0 Å². The quantitative estimate of drug-likeness (QED) is 0.855. The lowest BCUT2D eigenvalue weighted by atomic mass is 10.0. The second kappa shape index (κ2) is 6.62. The first kappa shape index (κ1) is 16.0. The predicted octanol–water partition coefficient (Wildman–Crippen LogP) is 2.42. The standard InChI is InChI=1S/C16H19NO5/c1-9(16(19)20)10(2)17-15(18)14-12(8-21-3)11-6-4-5-7-13(11)22-14/h4-7,9-10H,8H2,1-3H3,(H,17,18)(H,19,20). The Hall–Kier alpha value is -2.34. The molecule has 0 fully saturated rings. The first-order valence-electron chi connectivity index (χ1n) is 6.98. The summed E-state index contributed by atoms with van der Waals surface area (Å²) in [6.45, 7) is 3.43. The molecule has 1 aromatic carbocycles. The molecule has 6 heteroatoms. The van der Waals surface area contributed by atoms with Crippen LogP contribution in [0.25, 0.3) is 11.0 Å². The summed E-state index contributed by atoms with van der Waals surface area (Å²) in [5.41, 5.74) is 1.25. The molecule has 0 aliphatic heterocycles. The highest BCUT2D eigenvalue weighted by Crippen LogP contribution is 2.26. The van der Waals surface area contributed by atoms with Crippen LogP contribution in [0.5, 0.6) is 0 Å². The third kappa shape index (κ3) is 3.12. The lowest BCUT2D eigenvalue weighted by Crippen LogP contribution is -2.40. The summed E-state index contributed by atoms with van der Waals surface area (Å²) in [6.07, 6.45) is 0. The van der Waals surface area contributed by atoms with Gasteiger partial charge in [-0.3, -0.25) is 9.59 Å². The lowest BCUT2D eigenvalue weighted by molar-refractivity contribution is -0.141. The number of ether oxygens (including phenoxy) is 1. The number of fused-ring (bicyclic) bond motifs is 1. The molecule has 0 bridgehead atoms. The van der Waals surface area contributed by atoms with E-state index in [0.29, 0.717) is 11.1 Å². The van der Waals surface area contributed by atoms with Gasteiger partial charge in [-0.25, -0.2) is 0 Å². The topological polar surface area (TPSA) is 88.8 Å². The average molecular weight is 305 g/mol. The van der Waals surface area contributed by atoms with Crippen LogP contribution in [0.1, 0.15) is 30.0 Å². The van der Waals surface area contributed by atoms with Crippen LogP contribution >= 0.6 is 0 Å². The molecule has 1 heterocycles. The van der Waals surface area contributed by atoms with E-state index in [4.69, 9.17) is 14.3 Å². The Bertz CT molecular complexity index is 691. The molecular weight excluding hydrogens is 286 g/mol. The molecule has 1 amide bonds. The maximum atomic E-state index is 12.4. The van der Waals surface area contributed by atoms with Crippen molar-refractivity contribution in [3.05, 3.63) is 35.6 Å². The molecule has 22 heavy (non-hydrogen) atoms. The van der Waals surface area contributed by atoms with Gasteiger partial charge in [0.1, 0.15) is 5.58 Å². The van der Waals surface area contributed by atoms with E-state index in [1.54, 1.807) is 27.0 Å². The van der Waals surface area contributed by atoms with Gasteiger partial charge in [-0.15, -0.1) is 0 Å². The van der Waals surface area contributed by atoms with Crippen molar-refractivity contribution in [1.82, 2.24) is 5.32 Å². The maximum Gasteiger partial charge on any atom is 0.308 e. The minimum absolute atomic E-state index is 0.160. The van der Waals surface area contributed by atoms with Crippen molar-refractivity contribution in [3.8, 4) is 0 Å². The third-order valence-electron chi connectivity index (χ3n) is 3.69. The van der Waals surface area contributed by atoms with Crippen LogP contribution in [0.2, 0.25) is 0 Å². The van der Waals surface area contributed by atoms with Crippen molar-refractivity contribution in [2.75, 3.05) is 7.11 Å². The summed E-state index contributed by atoms with van der Waals surface area (Å²) in [4.78, 5) is 23.4. The van der Waals surface area contributed by atoms with Crippen LogP contribution in [0.4, 0.5) is 0 Å². The highest BCUT2D eigenvalue weighted by Gasteiger charge is 2.25. The van der Waals surface area contributed by atoms with Gasteiger partial charge in [-0.2, -0.15) is 0 Å². The molecule has 0 saturated carbocycles. The molecule has 2 rings (SSSR count). The Morgan fingerprint density at radius 2 is 2.00 bits per heavy atom. The van der Waals surface area contributed by atoms with Gasteiger partial charge in [-0.05, 0) is 19.9 Å². The van der Waals surface area contributed by atoms with E-state index in [2.05, 4.69) is 5.32 Å². The first-order valence-corrected chi connectivity index (χ1v) is 6.98. The number of hydrogen-bond donors (Lipinski definition) is 2. The van der Waals surface area contributed by atoms with Gasteiger partial charge >= 0.3 is 5.97 Å². The number of rotatable bonds is 6. The van der Waals surface area contributed by atoms with E-state index in [1.807, 2.05) is 18.2 Å². The summed E-state index contributed by atoms with van der Waals surface area (Å²) in [5.74, 6) is -1.94. The van der Waals surface area contributed by atoms with Crippen molar-refractivity contribution in [1.29, 1.82) is 0 Å². The molecule has 118 valence electrons. The first-order chi connectivity index (χ1) is 10.5. The zero-order valence-electron chi connectivity index (χ0n) is 12.8. The number of carbonyl (C=O) groups is 2. The van der Waals surface area contributed by atoms with E-state index in [-0.39, 0.29) is 12.4 Å². The summed E-state index contributed by atoms with van der Waals surface area (Å²) in [6, 6.07) is 6.78.